The van der Waals surface area contributed by atoms with Gasteiger partial charge in [0.25, 0.3) is 5.91 Å². The zero-order chi connectivity index (χ0) is 17.1. The number of methoxy groups -OCH3 is 1. The maximum Gasteiger partial charge on any atom is 0.335 e. The van der Waals surface area contributed by atoms with E-state index in [9.17, 15) is 9.59 Å². The maximum atomic E-state index is 12.5. The van der Waals surface area contributed by atoms with Crippen molar-refractivity contribution in [1.29, 1.82) is 0 Å². The number of hydrogen-bond donors (Lipinski definition) is 2. The van der Waals surface area contributed by atoms with Crippen LogP contribution in [0.15, 0.2) is 34.8 Å². The lowest BCUT2D eigenvalue weighted by molar-refractivity contribution is 0.0696. The Hall–Kier alpha value is -2.34. The van der Waals surface area contributed by atoms with Gasteiger partial charge >= 0.3 is 5.97 Å². The zero-order valence-electron chi connectivity index (χ0n) is 12.9. The third-order valence-corrected chi connectivity index (χ3v) is 3.87. The number of aryl methyl sites for hydroxylation is 2. The summed E-state index contributed by atoms with van der Waals surface area (Å²) in [7, 11) is 1.51. The summed E-state index contributed by atoms with van der Waals surface area (Å²) in [5.74, 6) is -0.821. The standard InChI is InChI=1S/C17H16BrNO4/c1-9-6-11(17(21)22)4-5-14(9)19-16(20)13-8-12(18)7-10(2)15(13)23-3/h4-8H,1-3H3,(H,19,20)(H,21,22). The number of carbonyl (C=O) groups excluding carboxylic acids is 1. The van der Waals surface area contributed by atoms with E-state index in [-0.39, 0.29) is 11.5 Å². The Kier molecular flexibility index (Phi) is 5.05. The van der Waals surface area contributed by atoms with Gasteiger partial charge in [0, 0.05) is 10.2 Å². The van der Waals surface area contributed by atoms with E-state index in [4.69, 9.17) is 9.84 Å². The molecule has 5 nitrogen and oxygen atoms in total. The summed E-state index contributed by atoms with van der Waals surface area (Å²) in [6, 6.07) is 8.09. The van der Waals surface area contributed by atoms with E-state index in [1.807, 2.05) is 13.0 Å². The van der Waals surface area contributed by atoms with Gasteiger partial charge < -0.3 is 15.2 Å². The third-order valence-electron chi connectivity index (χ3n) is 3.41. The topological polar surface area (TPSA) is 75.6 Å². The van der Waals surface area contributed by atoms with Gasteiger partial charge in [0.1, 0.15) is 5.75 Å². The highest BCUT2D eigenvalue weighted by Crippen LogP contribution is 2.29. The van der Waals surface area contributed by atoms with Crippen molar-refractivity contribution in [2.75, 3.05) is 12.4 Å². The van der Waals surface area contributed by atoms with Gasteiger partial charge in [-0.15, -0.1) is 0 Å². The Morgan fingerprint density at radius 3 is 2.39 bits per heavy atom. The predicted octanol–water partition coefficient (Wildman–Crippen LogP) is 4.03. The van der Waals surface area contributed by atoms with Crippen LogP contribution in [0.25, 0.3) is 0 Å². The minimum absolute atomic E-state index is 0.177. The number of amides is 1. The van der Waals surface area contributed by atoms with E-state index in [0.717, 1.165) is 10.0 Å². The summed E-state index contributed by atoms with van der Waals surface area (Å²) in [5.41, 5.74) is 2.64. The maximum absolute atomic E-state index is 12.5. The van der Waals surface area contributed by atoms with Gasteiger partial charge in [-0.25, -0.2) is 4.79 Å². The Balaban J connectivity index is 2.35. The molecular weight excluding hydrogens is 362 g/mol. The van der Waals surface area contributed by atoms with Crippen molar-refractivity contribution in [1.82, 2.24) is 0 Å². The Bertz CT molecular complexity index is 786. The Morgan fingerprint density at radius 1 is 1.13 bits per heavy atom. The lowest BCUT2D eigenvalue weighted by atomic mass is 10.1. The molecule has 23 heavy (non-hydrogen) atoms. The molecular formula is C17H16BrNO4. The smallest absolute Gasteiger partial charge is 0.335 e. The van der Waals surface area contributed by atoms with Crippen molar-refractivity contribution < 1.29 is 19.4 Å². The van der Waals surface area contributed by atoms with E-state index in [2.05, 4.69) is 21.2 Å². The van der Waals surface area contributed by atoms with Gasteiger partial charge in [-0.05, 0) is 55.3 Å². The summed E-state index contributed by atoms with van der Waals surface area (Å²) in [6.45, 7) is 3.60. The number of carboxylic acids is 1. The quantitative estimate of drug-likeness (QED) is 0.843. The first-order valence-electron chi connectivity index (χ1n) is 6.83. The average molecular weight is 378 g/mol. The van der Waals surface area contributed by atoms with Gasteiger partial charge in [-0.3, -0.25) is 4.79 Å². The summed E-state index contributed by atoms with van der Waals surface area (Å²) in [5, 5.41) is 11.8. The second-order valence-corrected chi connectivity index (χ2v) is 6.01. The van der Waals surface area contributed by atoms with Crippen LogP contribution in [0.5, 0.6) is 5.75 Å². The van der Waals surface area contributed by atoms with Crippen molar-refractivity contribution in [3.8, 4) is 5.75 Å². The van der Waals surface area contributed by atoms with Crippen molar-refractivity contribution in [2.24, 2.45) is 0 Å². The first kappa shape index (κ1) is 17.0. The van der Waals surface area contributed by atoms with Crippen LogP contribution < -0.4 is 10.1 Å². The van der Waals surface area contributed by atoms with Crippen molar-refractivity contribution in [2.45, 2.75) is 13.8 Å². The number of ether oxygens (including phenoxy) is 1. The fourth-order valence-electron chi connectivity index (χ4n) is 2.30. The molecule has 2 rings (SSSR count). The Labute approximate surface area is 142 Å². The average Bonchev–Trinajstić information content (AvgIpc) is 2.48. The van der Waals surface area contributed by atoms with Crippen LogP contribution in [0.1, 0.15) is 31.8 Å². The number of anilines is 1. The molecule has 0 aromatic heterocycles. The van der Waals surface area contributed by atoms with Crippen molar-refractivity contribution in [3.63, 3.8) is 0 Å². The molecule has 2 aromatic carbocycles. The van der Waals surface area contributed by atoms with E-state index >= 15 is 0 Å². The van der Waals surface area contributed by atoms with Crippen molar-refractivity contribution >= 4 is 33.5 Å². The van der Waals surface area contributed by atoms with Crippen LogP contribution in [-0.2, 0) is 0 Å². The highest BCUT2D eigenvalue weighted by atomic mass is 79.9. The fraction of sp³-hybridized carbons (Fsp3) is 0.176. The summed E-state index contributed by atoms with van der Waals surface area (Å²) in [4.78, 5) is 23.5. The van der Waals surface area contributed by atoms with Gasteiger partial charge in [-0.2, -0.15) is 0 Å². The summed E-state index contributed by atoms with van der Waals surface area (Å²) in [6.07, 6.45) is 0. The third kappa shape index (κ3) is 3.71. The number of rotatable bonds is 4. The summed E-state index contributed by atoms with van der Waals surface area (Å²) >= 11 is 3.37. The molecule has 1 amide bonds. The molecule has 0 spiro atoms. The second kappa shape index (κ2) is 6.83. The second-order valence-electron chi connectivity index (χ2n) is 5.09. The van der Waals surface area contributed by atoms with Crippen LogP contribution in [0.3, 0.4) is 0 Å². The minimum Gasteiger partial charge on any atom is -0.496 e. The van der Waals surface area contributed by atoms with E-state index in [1.54, 1.807) is 19.1 Å². The van der Waals surface area contributed by atoms with Gasteiger partial charge in [0.2, 0.25) is 0 Å². The molecule has 0 radical (unpaired) electrons. The SMILES string of the molecule is COc1c(C)cc(Br)cc1C(=O)Nc1ccc(C(=O)O)cc1C. The molecule has 0 atom stereocenters. The van der Waals surface area contributed by atoms with E-state index < -0.39 is 5.97 Å². The summed E-state index contributed by atoms with van der Waals surface area (Å²) < 4.78 is 6.09. The lowest BCUT2D eigenvalue weighted by Gasteiger charge is -2.14. The highest BCUT2D eigenvalue weighted by Gasteiger charge is 2.17. The molecule has 2 N–H and O–H groups in total. The number of carboxylic acid groups (broad SMARTS) is 1. The van der Waals surface area contributed by atoms with Crippen LogP contribution in [0, 0.1) is 13.8 Å². The number of benzene rings is 2. The molecule has 0 aliphatic carbocycles. The highest BCUT2D eigenvalue weighted by molar-refractivity contribution is 9.10. The molecule has 0 aliphatic heterocycles. The molecule has 2 aromatic rings. The first-order valence-corrected chi connectivity index (χ1v) is 7.62. The number of aromatic carboxylic acids is 1. The minimum atomic E-state index is -1.00. The van der Waals surface area contributed by atoms with Gasteiger partial charge in [0.15, 0.2) is 0 Å². The largest absolute Gasteiger partial charge is 0.496 e. The number of carbonyl (C=O) groups is 2. The molecule has 0 saturated heterocycles. The molecule has 6 heteroatoms. The molecule has 120 valence electrons. The lowest BCUT2D eigenvalue weighted by Crippen LogP contribution is -2.15. The fourth-order valence-corrected chi connectivity index (χ4v) is 2.87. The zero-order valence-corrected chi connectivity index (χ0v) is 14.5. The predicted molar refractivity (Wildman–Crippen MR) is 91.5 cm³/mol. The number of nitrogens with one attached hydrogen (secondary N) is 1. The van der Waals surface area contributed by atoms with Crippen molar-refractivity contribution in [3.05, 3.63) is 57.1 Å². The van der Waals surface area contributed by atoms with E-state index in [0.29, 0.717) is 22.6 Å². The number of hydrogen-bond acceptors (Lipinski definition) is 3. The van der Waals surface area contributed by atoms with Gasteiger partial charge in [-0.1, -0.05) is 15.9 Å². The number of halogens is 1. The normalized spacial score (nSPS) is 10.3. The van der Waals surface area contributed by atoms with Crippen LogP contribution >= 0.6 is 15.9 Å². The molecule has 0 saturated carbocycles. The van der Waals surface area contributed by atoms with Crippen LogP contribution in [0.4, 0.5) is 5.69 Å². The van der Waals surface area contributed by atoms with Gasteiger partial charge in [0.05, 0.1) is 18.2 Å². The Morgan fingerprint density at radius 2 is 1.83 bits per heavy atom. The van der Waals surface area contributed by atoms with Crippen LogP contribution in [0.2, 0.25) is 0 Å². The molecule has 0 bridgehead atoms. The van der Waals surface area contributed by atoms with E-state index in [1.165, 1.54) is 19.2 Å². The molecule has 0 unspecified atom stereocenters. The monoisotopic (exact) mass is 377 g/mol. The van der Waals surface area contributed by atoms with Crippen LogP contribution in [-0.4, -0.2) is 24.1 Å². The first-order chi connectivity index (χ1) is 10.8. The molecule has 0 heterocycles. The molecule has 0 aliphatic rings. The molecule has 0 fully saturated rings.